The van der Waals surface area contributed by atoms with E-state index in [1.54, 1.807) is 0 Å². The zero-order valence-electron chi connectivity index (χ0n) is 14.9. The van der Waals surface area contributed by atoms with Gasteiger partial charge in [0.25, 0.3) is 0 Å². The highest BCUT2D eigenvalue weighted by Crippen LogP contribution is 2.34. The maximum Gasteiger partial charge on any atom is 0.104 e. The van der Waals surface area contributed by atoms with Crippen molar-refractivity contribution in [3.8, 4) is 11.1 Å². The lowest BCUT2D eigenvalue weighted by molar-refractivity contribution is 1.17. The fraction of sp³-hybridized carbons (Fsp3) is 0.130. The van der Waals surface area contributed by atoms with Crippen LogP contribution in [-0.2, 0) is 6.42 Å². The molecule has 0 bridgehead atoms. The Balaban J connectivity index is 1.54. The molecule has 0 atom stereocenters. The van der Waals surface area contributed by atoms with Gasteiger partial charge in [-0.25, -0.2) is 4.98 Å². The second-order valence-electron chi connectivity index (χ2n) is 7.00. The Labute approximate surface area is 152 Å². The molecular formula is C23H19N3. The van der Waals surface area contributed by atoms with E-state index in [1.165, 1.54) is 27.8 Å². The summed E-state index contributed by atoms with van der Waals surface area (Å²) >= 11 is 0. The summed E-state index contributed by atoms with van der Waals surface area (Å²) in [5, 5.41) is 0. The average molecular weight is 337 g/mol. The van der Waals surface area contributed by atoms with Crippen molar-refractivity contribution >= 4 is 22.4 Å². The zero-order valence-corrected chi connectivity index (χ0v) is 14.9. The molecule has 0 aliphatic carbocycles. The predicted octanol–water partition coefficient (Wildman–Crippen LogP) is 5.52. The van der Waals surface area contributed by atoms with Crippen LogP contribution in [0.4, 0.5) is 5.69 Å². The van der Waals surface area contributed by atoms with E-state index in [4.69, 9.17) is 4.99 Å². The van der Waals surface area contributed by atoms with Crippen LogP contribution in [0.2, 0.25) is 0 Å². The first-order valence-corrected chi connectivity index (χ1v) is 8.90. The van der Waals surface area contributed by atoms with Crippen molar-refractivity contribution in [1.29, 1.82) is 0 Å². The third-order valence-corrected chi connectivity index (χ3v) is 4.98. The molecule has 3 nitrogen and oxygen atoms in total. The zero-order chi connectivity index (χ0) is 17.7. The molecule has 4 aromatic rings. The Kier molecular flexibility index (Phi) is 3.29. The average Bonchev–Trinajstić information content (AvgIpc) is 3.22. The number of benzene rings is 3. The Bertz CT molecular complexity index is 1180. The molecule has 0 saturated heterocycles. The molecule has 3 aromatic carbocycles. The van der Waals surface area contributed by atoms with Crippen molar-refractivity contribution in [2.24, 2.45) is 4.99 Å². The lowest BCUT2D eigenvalue weighted by atomic mass is 9.99. The number of aliphatic imine (C=N–C) groups is 1. The number of nitrogens with one attached hydrogen (secondary N) is 1. The van der Waals surface area contributed by atoms with Crippen LogP contribution in [-0.4, -0.2) is 15.7 Å². The molecule has 0 saturated carbocycles. The van der Waals surface area contributed by atoms with E-state index in [9.17, 15) is 0 Å². The smallest absolute Gasteiger partial charge is 0.104 e. The van der Waals surface area contributed by atoms with Crippen molar-refractivity contribution in [3.63, 3.8) is 0 Å². The van der Waals surface area contributed by atoms with Gasteiger partial charge in [-0.1, -0.05) is 48.0 Å². The van der Waals surface area contributed by atoms with Crippen molar-refractivity contribution < 1.29 is 0 Å². The number of aromatic nitrogens is 2. The largest absolute Gasteiger partial charge is 0.342 e. The van der Waals surface area contributed by atoms with Gasteiger partial charge >= 0.3 is 0 Å². The normalized spacial score (nSPS) is 13.1. The number of hydrogen-bond acceptors (Lipinski definition) is 2. The van der Waals surface area contributed by atoms with E-state index in [0.29, 0.717) is 0 Å². The van der Waals surface area contributed by atoms with Gasteiger partial charge in [-0.05, 0) is 54.3 Å². The number of fused-ring (bicyclic) bond motifs is 2. The second-order valence-corrected chi connectivity index (χ2v) is 7.00. The van der Waals surface area contributed by atoms with E-state index < -0.39 is 0 Å². The van der Waals surface area contributed by atoms with Crippen LogP contribution >= 0.6 is 0 Å². The Morgan fingerprint density at radius 2 is 1.69 bits per heavy atom. The van der Waals surface area contributed by atoms with Gasteiger partial charge in [0.05, 0.1) is 22.4 Å². The highest BCUT2D eigenvalue weighted by atomic mass is 14.9. The van der Waals surface area contributed by atoms with Crippen LogP contribution in [0, 0.1) is 13.8 Å². The molecule has 0 unspecified atom stereocenters. The summed E-state index contributed by atoms with van der Waals surface area (Å²) in [6.07, 6.45) is 0.901. The fourth-order valence-corrected chi connectivity index (χ4v) is 3.67. The minimum Gasteiger partial charge on any atom is -0.342 e. The van der Waals surface area contributed by atoms with E-state index in [-0.39, 0.29) is 0 Å². The fourth-order valence-electron chi connectivity index (χ4n) is 3.67. The molecule has 3 heteroatoms. The quantitative estimate of drug-likeness (QED) is 0.514. The van der Waals surface area contributed by atoms with E-state index >= 15 is 0 Å². The summed E-state index contributed by atoms with van der Waals surface area (Å²) in [5.41, 5.74) is 10.5. The number of imidazole rings is 1. The van der Waals surface area contributed by atoms with Gasteiger partial charge in [-0.15, -0.1) is 0 Å². The topological polar surface area (TPSA) is 41.0 Å². The Hall–Kier alpha value is -3.20. The number of H-pyrrole nitrogens is 1. The van der Waals surface area contributed by atoms with Crippen molar-refractivity contribution in [2.45, 2.75) is 20.3 Å². The number of nitrogens with zero attached hydrogens (tertiary/aromatic N) is 2. The van der Waals surface area contributed by atoms with Gasteiger partial charge in [0.15, 0.2) is 0 Å². The van der Waals surface area contributed by atoms with E-state index in [1.807, 2.05) is 6.92 Å². The molecule has 26 heavy (non-hydrogen) atoms. The van der Waals surface area contributed by atoms with Gasteiger partial charge in [-0.2, -0.15) is 0 Å². The van der Waals surface area contributed by atoms with Crippen LogP contribution < -0.4 is 0 Å². The van der Waals surface area contributed by atoms with Crippen LogP contribution in [0.1, 0.15) is 22.5 Å². The van der Waals surface area contributed by atoms with Crippen LogP contribution in [0.25, 0.3) is 22.2 Å². The number of rotatable bonds is 2. The molecule has 5 rings (SSSR count). The van der Waals surface area contributed by atoms with Gasteiger partial charge < -0.3 is 4.98 Å². The molecule has 0 amide bonds. The SMILES string of the molecule is Cc1cccc(C2=Nc3cc(-c4ccc5nc(C)[nH]c5c4)ccc3C2)c1. The van der Waals surface area contributed by atoms with Gasteiger partial charge in [0.1, 0.15) is 5.82 Å². The molecular weight excluding hydrogens is 318 g/mol. The van der Waals surface area contributed by atoms with Crippen LogP contribution in [0.3, 0.4) is 0 Å². The highest BCUT2D eigenvalue weighted by Gasteiger charge is 2.17. The van der Waals surface area contributed by atoms with Crippen molar-refractivity contribution in [1.82, 2.24) is 9.97 Å². The maximum atomic E-state index is 4.91. The molecule has 126 valence electrons. The molecule has 1 aliphatic heterocycles. The standard InChI is InChI=1S/C23H19N3/c1-14-4-3-5-18(10-14)22-13-19-7-6-16(11-21(19)26-22)17-8-9-20-23(12-17)25-15(2)24-20/h3-12H,13H2,1-2H3,(H,24,25). The summed E-state index contributed by atoms with van der Waals surface area (Å²) in [6, 6.07) is 21.5. The minimum atomic E-state index is 0.901. The highest BCUT2D eigenvalue weighted by molar-refractivity contribution is 6.07. The third-order valence-electron chi connectivity index (χ3n) is 4.98. The third kappa shape index (κ3) is 2.53. The molecule has 0 spiro atoms. The lowest BCUT2D eigenvalue weighted by Gasteiger charge is -2.04. The minimum absolute atomic E-state index is 0.901. The first-order chi connectivity index (χ1) is 12.7. The molecule has 0 radical (unpaired) electrons. The molecule has 0 fully saturated rings. The Morgan fingerprint density at radius 1 is 0.846 bits per heavy atom. The summed E-state index contributed by atoms with van der Waals surface area (Å²) < 4.78 is 0. The monoisotopic (exact) mass is 337 g/mol. The van der Waals surface area contributed by atoms with Gasteiger partial charge in [-0.3, -0.25) is 4.99 Å². The number of aromatic amines is 1. The number of aryl methyl sites for hydroxylation is 2. The Morgan fingerprint density at radius 3 is 2.58 bits per heavy atom. The molecule has 1 aliphatic rings. The molecule has 1 aromatic heterocycles. The van der Waals surface area contributed by atoms with Crippen LogP contribution in [0.5, 0.6) is 0 Å². The summed E-state index contributed by atoms with van der Waals surface area (Å²) in [7, 11) is 0. The second kappa shape index (κ2) is 5.67. The van der Waals surface area contributed by atoms with Gasteiger partial charge in [0.2, 0.25) is 0 Å². The van der Waals surface area contributed by atoms with E-state index in [2.05, 4.69) is 77.6 Å². The van der Waals surface area contributed by atoms with Crippen molar-refractivity contribution in [3.05, 3.63) is 83.2 Å². The van der Waals surface area contributed by atoms with Gasteiger partial charge in [0, 0.05) is 6.42 Å². The first-order valence-electron chi connectivity index (χ1n) is 8.90. The number of hydrogen-bond donors (Lipinski definition) is 1. The van der Waals surface area contributed by atoms with Crippen LogP contribution in [0.15, 0.2) is 65.7 Å². The maximum absolute atomic E-state index is 4.91. The van der Waals surface area contributed by atoms with E-state index in [0.717, 1.165) is 34.7 Å². The predicted molar refractivity (Wildman–Crippen MR) is 107 cm³/mol. The van der Waals surface area contributed by atoms with Crippen molar-refractivity contribution in [2.75, 3.05) is 0 Å². The summed E-state index contributed by atoms with van der Waals surface area (Å²) in [4.78, 5) is 12.7. The molecule has 1 N–H and O–H groups in total. The molecule has 2 heterocycles. The summed E-state index contributed by atoms with van der Waals surface area (Å²) in [5.74, 6) is 0.943. The summed E-state index contributed by atoms with van der Waals surface area (Å²) in [6.45, 7) is 4.11. The first kappa shape index (κ1) is 15.1. The lowest BCUT2D eigenvalue weighted by Crippen LogP contribution is -2.00.